The fraction of sp³-hybridized carbons (Fsp3) is 0.111. The summed E-state index contributed by atoms with van der Waals surface area (Å²) >= 11 is 0. The number of hydrogen-bond acceptors (Lipinski definition) is 6. The number of halogens is 1. The van der Waals surface area contributed by atoms with Crippen LogP contribution in [-0.4, -0.2) is 32.8 Å². The third-order valence-corrected chi connectivity index (χ3v) is 5.09. The molecule has 9 heteroatoms. The van der Waals surface area contributed by atoms with Crippen molar-refractivity contribution in [3.05, 3.63) is 60.4 Å². The van der Waals surface area contributed by atoms with Gasteiger partial charge >= 0.3 is 0 Å². The summed E-state index contributed by atoms with van der Waals surface area (Å²) in [7, 11) is -1.12. The second kappa shape index (κ2) is 7.58. The van der Waals surface area contributed by atoms with E-state index in [0.29, 0.717) is 17.3 Å². The smallest absolute Gasteiger partial charge is 0.262 e. The lowest BCUT2D eigenvalue weighted by Gasteiger charge is -2.10. The molecule has 0 saturated heterocycles. The highest BCUT2D eigenvalue weighted by atomic mass is 32.2. The molecule has 3 rings (SSSR count). The second-order valence-electron chi connectivity index (χ2n) is 5.44. The highest BCUT2D eigenvalue weighted by Gasteiger charge is 2.17. The second-order valence-corrected chi connectivity index (χ2v) is 7.12. The standard InChI is InChI=1S/C18H16FN3O4S/c1-25-17-11-14(7-8-15(17)19)27(23,24)22-13-5-3-12(4-6-13)16-9-10-18(26-2)21-20-16/h3-11,22H,1-2H3. The van der Waals surface area contributed by atoms with Gasteiger partial charge in [-0.1, -0.05) is 12.1 Å². The Morgan fingerprint density at radius 2 is 1.67 bits per heavy atom. The number of benzene rings is 2. The molecule has 7 nitrogen and oxygen atoms in total. The summed E-state index contributed by atoms with van der Waals surface area (Å²) in [6.07, 6.45) is 0. The van der Waals surface area contributed by atoms with Crippen molar-refractivity contribution in [1.82, 2.24) is 10.2 Å². The van der Waals surface area contributed by atoms with Crippen LogP contribution in [-0.2, 0) is 10.0 Å². The Bertz CT molecular complexity index is 1040. The van der Waals surface area contributed by atoms with Crippen LogP contribution in [0.1, 0.15) is 0 Å². The van der Waals surface area contributed by atoms with Gasteiger partial charge in [0.15, 0.2) is 11.6 Å². The van der Waals surface area contributed by atoms with Gasteiger partial charge in [0.2, 0.25) is 5.88 Å². The molecule has 0 aliphatic rings. The maximum atomic E-state index is 13.5. The van der Waals surface area contributed by atoms with Gasteiger partial charge in [0.1, 0.15) is 0 Å². The fourth-order valence-electron chi connectivity index (χ4n) is 2.31. The molecular formula is C18H16FN3O4S. The Morgan fingerprint density at radius 3 is 2.26 bits per heavy atom. The summed E-state index contributed by atoms with van der Waals surface area (Å²) in [5.74, 6) is -0.384. The van der Waals surface area contributed by atoms with E-state index in [2.05, 4.69) is 14.9 Å². The molecule has 0 aliphatic heterocycles. The molecular weight excluding hydrogens is 373 g/mol. The molecule has 0 atom stereocenters. The number of hydrogen-bond donors (Lipinski definition) is 1. The monoisotopic (exact) mass is 389 g/mol. The average Bonchev–Trinajstić information content (AvgIpc) is 2.68. The van der Waals surface area contributed by atoms with Crippen molar-refractivity contribution in [2.45, 2.75) is 4.90 Å². The first-order chi connectivity index (χ1) is 12.9. The SMILES string of the molecule is COc1ccc(-c2ccc(NS(=O)(=O)c3ccc(F)c(OC)c3)cc2)nn1. The van der Waals surface area contributed by atoms with Crippen LogP contribution in [0, 0.1) is 5.82 Å². The van der Waals surface area contributed by atoms with E-state index in [1.54, 1.807) is 36.4 Å². The minimum Gasteiger partial charge on any atom is -0.494 e. The molecule has 140 valence electrons. The zero-order valence-corrected chi connectivity index (χ0v) is 15.3. The van der Waals surface area contributed by atoms with Crippen molar-refractivity contribution in [2.75, 3.05) is 18.9 Å². The molecule has 0 saturated carbocycles. The first-order valence-electron chi connectivity index (χ1n) is 7.77. The molecule has 0 radical (unpaired) electrons. The zero-order chi connectivity index (χ0) is 19.4. The first-order valence-corrected chi connectivity index (χ1v) is 9.26. The minimum atomic E-state index is -3.89. The number of anilines is 1. The largest absolute Gasteiger partial charge is 0.494 e. The molecule has 1 N–H and O–H groups in total. The fourth-order valence-corrected chi connectivity index (χ4v) is 3.39. The number of sulfonamides is 1. The van der Waals surface area contributed by atoms with Crippen molar-refractivity contribution >= 4 is 15.7 Å². The molecule has 27 heavy (non-hydrogen) atoms. The Morgan fingerprint density at radius 1 is 0.926 bits per heavy atom. The molecule has 2 aromatic carbocycles. The quantitative estimate of drug-likeness (QED) is 0.697. The summed E-state index contributed by atoms with van der Waals surface area (Å²) in [5.41, 5.74) is 1.73. The summed E-state index contributed by atoms with van der Waals surface area (Å²) in [4.78, 5) is -0.106. The average molecular weight is 389 g/mol. The highest BCUT2D eigenvalue weighted by molar-refractivity contribution is 7.92. The number of aromatic nitrogens is 2. The van der Waals surface area contributed by atoms with Crippen LogP contribution in [0.5, 0.6) is 11.6 Å². The first kappa shape index (κ1) is 18.6. The van der Waals surface area contributed by atoms with Gasteiger partial charge in [-0.25, -0.2) is 12.8 Å². The van der Waals surface area contributed by atoms with Crippen LogP contribution in [0.4, 0.5) is 10.1 Å². The molecule has 3 aromatic rings. The van der Waals surface area contributed by atoms with E-state index in [1.807, 2.05) is 0 Å². The van der Waals surface area contributed by atoms with Crippen molar-refractivity contribution in [1.29, 1.82) is 0 Å². The van der Waals surface area contributed by atoms with E-state index >= 15 is 0 Å². The van der Waals surface area contributed by atoms with E-state index < -0.39 is 15.8 Å². The van der Waals surface area contributed by atoms with Crippen LogP contribution in [0.15, 0.2) is 59.5 Å². The number of nitrogens with zero attached hydrogens (tertiary/aromatic N) is 2. The lowest BCUT2D eigenvalue weighted by atomic mass is 10.1. The van der Waals surface area contributed by atoms with E-state index in [1.165, 1.54) is 20.3 Å². The van der Waals surface area contributed by atoms with E-state index in [-0.39, 0.29) is 10.6 Å². The third-order valence-electron chi connectivity index (χ3n) is 3.71. The Hall–Kier alpha value is -3.20. The van der Waals surface area contributed by atoms with Gasteiger partial charge in [0.05, 0.1) is 24.8 Å². The van der Waals surface area contributed by atoms with Crippen molar-refractivity contribution < 1.29 is 22.3 Å². The van der Waals surface area contributed by atoms with Crippen LogP contribution < -0.4 is 14.2 Å². The van der Waals surface area contributed by atoms with Crippen LogP contribution >= 0.6 is 0 Å². The minimum absolute atomic E-state index is 0.106. The molecule has 0 spiro atoms. The van der Waals surface area contributed by atoms with Gasteiger partial charge in [-0.05, 0) is 30.3 Å². The lowest BCUT2D eigenvalue weighted by Crippen LogP contribution is -2.13. The van der Waals surface area contributed by atoms with Gasteiger partial charge in [0.25, 0.3) is 10.0 Å². The highest BCUT2D eigenvalue weighted by Crippen LogP contribution is 2.25. The van der Waals surface area contributed by atoms with Crippen LogP contribution in [0.25, 0.3) is 11.3 Å². The van der Waals surface area contributed by atoms with E-state index in [4.69, 9.17) is 9.47 Å². The van der Waals surface area contributed by atoms with Gasteiger partial charge < -0.3 is 9.47 Å². The number of ether oxygens (including phenoxy) is 2. The van der Waals surface area contributed by atoms with Gasteiger partial charge in [0, 0.05) is 23.4 Å². The Balaban J connectivity index is 1.81. The molecule has 0 amide bonds. The molecule has 1 heterocycles. The lowest BCUT2D eigenvalue weighted by molar-refractivity contribution is 0.385. The molecule has 1 aromatic heterocycles. The van der Waals surface area contributed by atoms with Gasteiger partial charge in [-0.2, -0.15) is 0 Å². The van der Waals surface area contributed by atoms with Crippen LogP contribution in [0.2, 0.25) is 0 Å². The van der Waals surface area contributed by atoms with Crippen LogP contribution in [0.3, 0.4) is 0 Å². The zero-order valence-electron chi connectivity index (χ0n) is 14.5. The molecule has 0 fully saturated rings. The molecule has 0 aliphatic carbocycles. The topological polar surface area (TPSA) is 90.4 Å². The van der Waals surface area contributed by atoms with E-state index in [0.717, 1.165) is 17.7 Å². The maximum absolute atomic E-state index is 13.5. The molecule has 0 bridgehead atoms. The Kier molecular flexibility index (Phi) is 5.22. The summed E-state index contributed by atoms with van der Waals surface area (Å²) in [5, 5.41) is 7.93. The molecule has 0 unspecified atom stereocenters. The Labute approximate surface area is 155 Å². The number of nitrogens with one attached hydrogen (secondary N) is 1. The van der Waals surface area contributed by atoms with Crippen molar-refractivity contribution in [3.8, 4) is 22.9 Å². The van der Waals surface area contributed by atoms with E-state index in [9.17, 15) is 12.8 Å². The predicted octanol–water partition coefficient (Wildman–Crippen LogP) is 3.10. The van der Waals surface area contributed by atoms with Crippen molar-refractivity contribution in [3.63, 3.8) is 0 Å². The predicted molar refractivity (Wildman–Crippen MR) is 97.8 cm³/mol. The third kappa shape index (κ3) is 4.14. The normalized spacial score (nSPS) is 11.1. The van der Waals surface area contributed by atoms with Gasteiger partial charge in [-0.15, -0.1) is 10.2 Å². The van der Waals surface area contributed by atoms with Gasteiger partial charge in [-0.3, -0.25) is 4.72 Å². The summed E-state index contributed by atoms with van der Waals surface area (Å²) in [6.45, 7) is 0. The summed E-state index contributed by atoms with van der Waals surface area (Å²) < 4.78 is 50.7. The number of rotatable bonds is 6. The summed E-state index contributed by atoms with van der Waals surface area (Å²) in [6, 6.07) is 13.4. The maximum Gasteiger partial charge on any atom is 0.262 e. The van der Waals surface area contributed by atoms with Crippen molar-refractivity contribution in [2.24, 2.45) is 0 Å². The number of methoxy groups -OCH3 is 2.